The van der Waals surface area contributed by atoms with Gasteiger partial charge >= 0.3 is 0 Å². The monoisotopic (exact) mass is 438 g/mol. The highest BCUT2D eigenvalue weighted by atomic mass is 32.2. The van der Waals surface area contributed by atoms with E-state index in [2.05, 4.69) is 10.0 Å². The molecule has 162 valence electrons. The number of ether oxygens (including phenoxy) is 1. The second-order valence-electron chi connectivity index (χ2n) is 7.33. The molecule has 6 nitrogen and oxygen atoms in total. The van der Waals surface area contributed by atoms with Crippen LogP contribution in [0, 0.1) is 20.8 Å². The Hall–Kier alpha value is -3.32. The van der Waals surface area contributed by atoms with Gasteiger partial charge in [0.25, 0.3) is 15.9 Å². The van der Waals surface area contributed by atoms with Crippen LogP contribution in [-0.4, -0.2) is 21.4 Å². The van der Waals surface area contributed by atoms with Gasteiger partial charge in [-0.15, -0.1) is 0 Å². The molecule has 0 saturated heterocycles. The maximum atomic E-state index is 13.1. The third-order valence-corrected chi connectivity index (χ3v) is 6.73. The maximum absolute atomic E-state index is 13.1. The number of nitrogens with one attached hydrogen (secondary N) is 2. The highest BCUT2D eigenvalue weighted by molar-refractivity contribution is 7.92. The summed E-state index contributed by atoms with van der Waals surface area (Å²) in [4.78, 5) is 12.8. The van der Waals surface area contributed by atoms with E-state index in [1.54, 1.807) is 38.3 Å². The van der Waals surface area contributed by atoms with E-state index in [4.69, 9.17) is 4.74 Å². The Bertz CT molecular complexity index is 1220. The molecule has 0 aliphatic carbocycles. The van der Waals surface area contributed by atoms with E-state index in [-0.39, 0.29) is 22.9 Å². The van der Waals surface area contributed by atoms with Crippen molar-refractivity contribution in [3.8, 4) is 5.75 Å². The summed E-state index contributed by atoms with van der Waals surface area (Å²) >= 11 is 0. The smallest absolute Gasteiger partial charge is 0.262 e. The lowest BCUT2D eigenvalue weighted by Crippen LogP contribution is -2.24. The summed E-state index contributed by atoms with van der Waals surface area (Å²) in [6.45, 7) is 5.75. The number of rotatable bonds is 7. The number of hydrogen-bond acceptors (Lipinski definition) is 4. The van der Waals surface area contributed by atoms with E-state index in [9.17, 15) is 13.2 Å². The van der Waals surface area contributed by atoms with Gasteiger partial charge < -0.3 is 10.1 Å². The Labute approximate surface area is 183 Å². The quantitative estimate of drug-likeness (QED) is 0.574. The molecule has 3 rings (SSSR count). The topological polar surface area (TPSA) is 84.5 Å². The Kier molecular flexibility index (Phi) is 6.65. The van der Waals surface area contributed by atoms with Crippen molar-refractivity contribution in [1.29, 1.82) is 0 Å². The van der Waals surface area contributed by atoms with Crippen LogP contribution in [0.4, 0.5) is 5.69 Å². The standard InChI is InChI=1S/C24H26N2O4S/c1-16-8-7-10-21(18(16)3)26-31(28,29)23-14-19(13-12-17(23)2)24(27)25-15-20-9-5-6-11-22(20)30-4/h5-14,26H,15H2,1-4H3,(H,25,27). The first-order chi connectivity index (χ1) is 14.7. The summed E-state index contributed by atoms with van der Waals surface area (Å²) in [5.74, 6) is 0.307. The van der Waals surface area contributed by atoms with E-state index < -0.39 is 10.0 Å². The van der Waals surface area contributed by atoms with Crippen molar-refractivity contribution >= 4 is 21.6 Å². The number of aryl methyl sites for hydroxylation is 2. The predicted octanol–water partition coefficient (Wildman–Crippen LogP) is 4.35. The zero-order chi connectivity index (χ0) is 22.6. The number of benzene rings is 3. The fourth-order valence-corrected chi connectivity index (χ4v) is 4.61. The fourth-order valence-electron chi connectivity index (χ4n) is 3.22. The second-order valence-corrected chi connectivity index (χ2v) is 8.98. The number of carbonyl (C=O) groups is 1. The van der Waals surface area contributed by atoms with Crippen molar-refractivity contribution < 1.29 is 17.9 Å². The molecular weight excluding hydrogens is 412 g/mol. The molecule has 0 aliphatic rings. The second kappa shape index (κ2) is 9.22. The van der Waals surface area contributed by atoms with Crippen LogP contribution in [-0.2, 0) is 16.6 Å². The van der Waals surface area contributed by atoms with E-state index in [0.29, 0.717) is 17.0 Å². The summed E-state index contributed by atoms with van der Waals surface area (Å²) in [5, 5.41) is 2.82. The Morgan fingerprint density at radius 2 is 1.68 bits per heavy atom. The maximum Gasteiger partial charge on any atom is 0.262 e. The minimum absolute atomic E-state index is 0.0679. The summed E-state index contributed by atoms with van der Waals surface area (Å²) in [5.41, 5.74) is 4.01. The zero-order valence-corrected chi connectivity index (χ0v) is 18.8. The third-order valence-electron chi connectivity index (χ3n) is 5.22. The van der Waals surface area contributed by atoms with Gasteiger partial charge in [-0.3, -0.25) is 9.52 Å². The Morgan fingerprint density at radius 1 is 0.935 bits per heavy atom. The van der Waals surface area contributed by atoms with E-state index in [1.165, 1.54) is 6.07 Å². The van der Waals surface area contributed by atoms with E-state index >= 15 is 0 Å². The zero-order valence-electron chi connectivity index (χ0n) is 18.0. The van der Waals surface area contributed by atoms with E-state index in [1.807, 2.05) is 44.2 Å². The summed E-state index contributed by atoms with van der Waals surface area (Å²) < 4.78 is 34.1. The first-order valence-electron chi connectivity index (χ1n) is 9.82. The summed E-state index contributed by atoms with van der Waals surface area (Å²) in [6, 6.07) is 17.5. The van der Waals surface area contributed by atoms with Gasteiger partial charge in [0.05, 0.1) is 17.7 Å². The summed E-state index contributed by atoms with van der Waals surface area (Å²) in [7, 11) is -2.30. The number of sulfonamides is 1. The van der Waals surface area contributed by atoms with Crippen molar-refractivity contribution in [3.05, 3.63) is 88.5 Å². The van der Waals surface area contributed by atoms with Gasteiger partial charge in [-0.05, 0) is 61.7 Å². The van der Waals surface area contributed by atoms with Gasteiger partial charge in [-0.2, -0.15) is 0 Å². The SMILES string of the molecule is COc1ccccc1CNC(=O)c1ccc(C)c(S(=O)(=O)Nc2cccc(C)c2C)c1. The molecule has 0 aliphatic heterocycles. The molecule has 0 heterocycles. The average Bonchev–Trinajstić information content (AvgIpc) is 2.75. The number of carbonyl (C=O) groups excluding carboxylic acids is 1. The Balaban J connectivity index is 1.83. The van der Waals surface area contributed by atoms with Crippen LogP contribution in [0.5, 0.6) is 5.75 Å². The number of methoxy groups -OCH3 is 1. The normalized spacial score (nSPS) is 11.1. The van der Waals surface area contributed by atoms with Crippen LogP contribution in [0.25, 0.3) is 0 Å². The third kappa shape index (κ3) is 5.06. The van der Waals surface area contributed by atoms with Crippen LogP contribution >= 0.6 is 0 Å². The molecule has 0 fully saturated rings. The molecule has 0 bridgehead atoms. The molecule has 0 spiro atoms. The van der Waals surface area contributed by atoms with Crippen LogP contribution < -0.4 is 14.8 Å². The highest BCUT2D eigenvalue weighted by Crippen LogP contribution is 2.24. The minimum Gasteiger partial charge on any atom is -0.496 e. The molecule has 0 atom stereocenters. The van der Waals surface area contributed by atoms with Gasteiger partial charge in [-0.1, -0.05) is 36.4 Å². The number of anilines is 1. The summed E-state index contributed by atoms with van der Waals surface area (Å²) in [6.07, 6.45) is 0. The predicted molar refractivity (Wildman–Crippen MR) is 122 cm³/mol. The van der Waals surface area contributed by atoms with Gasteiger partial charge in [0.2, 0.25) is 0 Å². The lowest BCUT2D eigenvalue weighted by molar-refractivity contribution is 0.0950. The van der Waals surface area contributed by atoms with E-state index in [0.717, 1.165) is 16.7 Å². The first kappa shape index (κ1) is 22.4. The van der Waals surface area contributed by atoms with Crippen LogP contribution in [0.15, 0.2) is 65.6 Å². The molecule has 3 aromatic carbocycles. The molecule has 0 saturated carbocycles. The minimum atomic E-state index is -3.87. The van der Waals surface area contributed by atoms with Crippen molar-refractivity contribution in [2.45, 2.75) is 32.2 Å². The van der Waals surface area contributed by atoms with Crippen molar-refractivity contribution in [2.75, 3.05) is 11.8 Å². The van der Waals surface area contributed by atoms with Crippen molar-refractivity contribution in [3.63, 3.8) is 0 Å². The van der Waals surface area contributed by atoms with Gasteiger partial charge in [0, 0.05) is 17.7 Å². The van der Waals surface area contributed by atoms with Gasteiger partial charge in [0.15, 0.2) is 0 Å². The molecule has 0 unspecified atom stereocenters. The van der Waals surface area contributed by atoms with Gasteiger partial charge in [-0.25, -0.2) is 8.42 Å². The van der Waals surface area contributed by atoms with Crippen molar-refractivity contribution in [1.82, 2.24) is 5.32 Å². The lowest BCUT2D eigenvalue weighted by atomic mass is 10.1. The van der Waals surface area contributed by atoms with Gasteiger partial charge in [0.1, 0.15) is 5.75 Å². The number of hydrogen-bond donors (Lipinski definition) is 2. The van der Waals surface area contributed by atoms with Crippen LogP contribution in [0.3, 0.4) is 0 Å². The molecule has 0 radical (unpaired) electrons. The number of amides is 1. The number of para-hydroxylation sites is 1. The molecule has 0 aromatic heterocycles. The molecule has 2 N–H and O–H groups in total. The first-order valence-corrected chi connectivity index (χ1v) is 11.3. The Morgan fingerprint density at radius 3 is 2.42 bits per heavy atom. The largest absolute Gasteiger partial charge is 0.496 e. The lowest BCUT2D eigenvalue weighted by Gasteiger charge is -2.15. The molecule has 31 heavy (non-hydrogen) atoms. The van der Waals surface area contributed by atoms with Crippen molar-refractivity contribution in [2.24, 2.45) is 0 Å². The average molecular weight is 439 g/mol. The molecule has 7 heteroatoms. The molecule has 3 aromatic rings. The van der Waals surface area contributed by atoms with Crippen LogP contribution in [0.1, 0.15) is 32.6 Å². The fraction of sp³-hybridized carbons (Fsp3) is 0.208. The molecule has 1 amide bonds. The molecular formula is C24H26N2O4S. The van der Waals surface area contributed by atoms with Crippen LogP contribution in [0.2, 0.25) is 0 Å². The highest BCUT2D eigenvalue weighted by Gasteiger charge is 2.20.